The molecule has 17 heavy (non-hydrogen) atoms. The molecule has 0 saturated heterocycles. The molecule has 1 aliphatic rings. The van der Waals surface area contributed by atoms with E-state index >= 15 is 0 Å². The van der Waals surface area contributed by atoms with Crippen molar-refractivity contribution < 1.29 is 9.90 Å². The maximum atomic E-state index is 12.2. The molecular formula is C13H10O2S2. The van der Waals surface area contributed by atoms with Crippen molar-refractivity contribution >= 4 is 46.7 Å². The van der Waals surface area contributed by atoms with Crippen LogP contribution < -0.4 is 0 Å². The van der Waals surface area contributed by atoms with Crippen molar-refractivity contribution in [3.8, 4) is 0 Å². The number of Topliss-reactive ketones (excluding diaryl/α,β-unsaturated/α-hetero) is 1. The van der Waals surface area contributed by atoms with Gasteiger partial charge in [-0.2, -0.15) is 0 Å². The van der Waals surface area contributed by atoms with E-state index in [1.165, 1.54) is 0 Å². The third-order valence-corrected chi connectivity index (χ3v) is 3.03. The summed E-state index contributed by atoms with van der Waals surface area (Å²) in [7, 11) is 0. The molecule has 0 fully saturated rings. The minimum Gasteiger partial charge on any atom is -0.506 e. The molecule has 0 aromatic heterocycles. The molecule has 0 heterocycles. The van der Waals surface area contributed by atoms with Crippen LogP contribution in [-0.2, 0) is 0 Å². The summed E-state index contributed by atoms with van der Waals surface area (Å²) in [6.45, 7) is 1.87. The van der Waals surface area contributed by atoms with Crippen molar-refractivity contribution in [2.24, 2.45) is 0 Å². The fraction of sp³-hybridized carbons (Fsp3) is 0.0769. The van der Waals surface area contributed by atoms with E-state index in [1.807, 2.05) is 25.1 Å². The topological polar surface area (TPSA) is 37.3 Å². The van der Waals surface area contributed by atoms with E-state index in [9.17, 15) is 9.90 Å². The van der Waals surface area contributed by atoms with Crippen LogP contribution in [0, 0.1) is 0 Å². The zero-order valence-electron chi connectivity index (χ0n) is 9.10. The number of fused-ring (bicyclic) bond motifs is 1. The fourth-order valence-corrected chi connectivity index (χ4v) is 2.30. The van der Waals surface area contributed by atoms with Crippen LogP contribution in [0.3, 0.4) is 0 Å². The lowest BCUT2D eigenvalue weighted by Crippen LogP contribution is -2.05. The zero-order chi connectivity index (χ0) is 12.6. The van der Waals surface area contributed by atoms with Crippen LogP contribution >= 0.6 is 24.8 Å². The summed E-state index contributed by atoms with van der Waals surface area (Å²) in [6.07, 6.45) is 3.67. The van der Waals surface area contributed by atoms with Crippen molar-refractivity contribution in [3.05, 3.63) is 46.5 Å². The number of hydrogen-bond acceptors (Lipinski definition) is 3. The SMILES string of the molecule is C/C=C\c1cccc2c1C(=O)C(C(=S)S)=C2O. The van der Waals surface area contributed by atoms with Gasteiger partial charge in [-0.3, -0.25) is 4.79 Å². The molecule has 0 saturated carbocycles. The zero-order valence-corrected chi connectivity index (χ0v) is 10.8. The summed E-state index contributed by atoms with van der Waals surface area (Å²) >= 11 is 8.85. The second kappa shape index (κ2) is 4.47. The fourth-order valence-electron chi connectivity index (χ4n) is 1.90. The van der Waals surface area contributed by atoms with Gasteiger partial charge in [-0.05, 0) is 12.5 Å². The number of thiol groups is 1. The Morgan fingerprint density at radius 3 is 2.76 bits per heavy atom. The van der Waals surface area contributed by atoms with Gasteiger partial charge in [-0.1, -0.05) is 42.6 Å². The number of aliphatic hydroxyl groups is 1. The van der Waals surface area contributed by atoms with Crippen molar-refractivity contribution in [1.82, 2.24) is 0 Å². The lowest BCUT2D eigenvalue weighted by molar-refractivity contribution is 0.104. The minimum absolute atomic E-state index is 0.0728. The van der Waals surface area contributed by atoms with Gasteiger partial charge in [-0.25, -0.2) is 0 Å². The molecule has 0 atom stereocenters. The molecule has 0 aliphatic heterocycles. The average molecular weight is 262 g/mol. The number of rotatable bonds is 2. The Labute approximate surface area is 110 Å². The van der Waals surface area contributed by atoms with Gasteiger partial charge in [0, 0.05) is 11.1 Å². The van der Waals surface area contributed by atoms with Crippen molar-refractivity contribution in [2.75, 3.05) is 0 Å². The van der Waals surface area contributed by atoms with E-state index in [0.29, 0.717) is 11.1 Å². The monoisotopic (exact) mass is 262 g/mol. The summed E-state index contributed by atoms with van der Waals surface area (Å²) in [5.74, 6) is -0.331. The van der Waals surface area contributed by atoms with Gasteiger partial charge in [-0.15, -0.1) is 12.6 Å². The molecular weight excluding hydrogens is 252 g/mol. The summed E-state index contributed by atoms with van der Waals surface area (Å²) in [4.78, 5) is 12.2. The maximum absolute atomic E-state index is 12.2. The smallest absolute Gasteiger partial charge is 0.200 e. The number of aliphatic hydroxyl groups excluding tert-OH is 1. The number of carbonyl (C=O) groups excluding carboxylic acids is 1. The van der Waals surface area contributed by atoms with Gasteiger partial charge in [0.05, 0.1) is 9.77 Å². The normalized spacial score (nSPS) is 14.6. The van der Waals surface area contributed by atoms with Crippen LogP contribution in [-0.4, -0.2) is 15.1 Å². The summed E-state index contributed by atoms with van der Waals surface area (Å²) in [5, 5.41) is 9.97. The highest BCUT2D eigenvalue weighted by Gasteiger charge is 2.32. The van der Waals surface area contributed by atoms with Crippen molar-refractivity contribution in [3.63, 3.8) is 0 Å². The first-order valence-corrected chi connectivity index (χ1v) is 5.90. The largest absolute Gasteiger partial charge is 0.506 e. The molecule has 2 nitrogen and oxygen atoms in total. The van der Waals surface area contributed by atoms with Crippen LogP contribution in [0.5, 0.6) is 0 Å². The second-order valence-electron chi connectivity index (χ2n) is 3.63. The second-order valence-corrected chi connectivity index (χ2v) is 4.79. The number of carbonyl (C=O) groups is 1. The van der Waals surface area contributed by atoms with Crippen molar-refractivity contribution in [1.29, 1.82) is 0 Å². The summed E-state index contributed by atoms with van der Waals surface area (Å²) in [6, 6.07) is 5.32. The van der Waals surface area contributed by atoms with Crippen LogP contribution in [0.25, 0.3) is 11.8 Å². The first-order valence-electron chi connectivity index (χ1n) is 5.05. The Hall–Kier alpha value is -1.39. The first-order chi connectivity index (χ1) is 8.07. The van der Waals surface area contributed by atoms with E-state index in [-0.39, 0.29) is 21.3 Å². The number of thiocarbonyl (C=S) groups is 1. The van der Waals surface area contributed by atoms with Gasteiger partial charge in [0.2, 0.25) is 0 Å². The number of hydrogen-bond donors (Lipinski definition) is 2. The Balaban J connectivity index is 2.70. The van der Waals surface area contributed by atoms with Gasteiger partial charge < -0.3 is 5.11 Å². The molecule has 0 amide bonds. The Morgan fingerprint density at radius 1 is 1.47 bits per heavy atom. The molecule has 1 aliphatic carbocycles. The highest BCUT2D eigenvalue weighted by molar-refractivity contribution is 8.12. The Morgan fingerprint density at radius 2 is 2.18 bits per heavy atom. The molecule has 0 bridgehead atoms. The first kappa shape index (κ1) is 12.1. The van der Waals surface area contributed by atoms with Gasteiger partial charge in [0.25, 0.3) is 0 Å². The predicted molar refractivity (Wildman–Crippen MR) is 76.6 cm³/mol. The maximum Gasteiger partial charge on any atom is 0.200 e. The summed E-state index contributed by atoms with van der Waals surface area (Å²) < 4.78 is 0.120. The van der Waals surface area contributed by atoms with Gasteiger partial charge in [0.1, 0.15) is 5.76 Å². The molecule has 4 heteroatoms. The number of ketones is 1. The molecule has 0 radical (unpaired) electrons. The Bertz CT molecular complexity index is 583. The lowest BCUT2D eigenvalue weighted by atomic mass is 10.0. The van der Waals surface area contributed by atoms with E-state index in [4.69, 9.17) is 12.2 Å². The third-order valence-electron chi connectivity index (χ3n) is 2.60. The molecule has 1 aromatic carbocycles. The van der Waals surface area contributed by atoms with Crippen LogP contribution in [0.2, 0.25) is 0 Å². The van der Waals surface area contributed by atoms with E-state index in [0.717, 1.165) is 5.56 Å². The van der Waals surface area contributed by atoms with Crippen LogP contribution in [0.15, 0.2) is 29.8 Å². The van der Waals surface area contributed by atoms with Gasteiger partial charge in [0.15, 0.2) is 5.78 Å². The summed E-state index contributed by atoms with van der Waals surface area (Å²) in [5.41, 5.74) is 1.92. The predicted octanol–water partition coefficient (Wildman–Crippen LogP) is 3.44. The molecule has 1 aromatic rings. The lowest BCUT2D eigenvalue weighted by Gasteiger charge is -2.02. The van der Waals surface area contributed by atoms with Crippen molar-refractivity contribution in [2.45, 2.75) is 6.92 Å². The minimum atomic E-state index is -0.258. The molecule has 86 valence electrons. The number of allylic oxidation sites excluding steroid dienone is 1. The van der Waals surface area contributed by atoms with E-state index in [1.54, 1.807) is 12.1 Å². The van der Waals surface area contributed by atoms with Crippen LogP contribution in [0.1, 0.15) is 28.4 Å². The third kappa shape index (κ3) is 1.83. The molecule has 1 N–H and O–H groups in total. The van der Waals surface area contributed by atoms with Crippen LogP contribution in [0.4, 0.5) is 0 Å². The molecule has 0 spiro atoms. The molecule has 2 rings (SSSR count). The van der Waals surface area contributed by atoms with E-state index in [2.05, 4.69) is 12.6 Å². The highest BCUT2D eigenvalue weighted by atomic mass is 32.1. The Kier molecular flexibility index (Phi) is 3.17. The van der Waals surface area contributed by atoms with E-state index < -0.39 is 0 Å². The standard InChI is InChI=1S/C13H10O2S2/c1-2-4-7-5-3-6-8-9(7)12(15)10(11(8)14)13(16)17/h2-6,14H,1H3,(H,16,17)/b4-2-. The van der Waals surface area contributed by atoms with Gasteiger partial charge >= 0.3 is 0 Å². The quantitative estimate of drug-likeness (QED) is 0.633. The highest BCUT2D eigenvalue weighted by Crippen LogP contribution is 2.35. The average Bonchev–Trinajstić information content (AvgIpc) is 2.53. The number of benzene rings is 1. The molecule has 0 unspecified atom stereocenters.